The molecular weight excluding hydrogens is 264 g/mol. The van der Waals surface area contributed by atoms with E-state index in [4.69, 9.17) is 9.47 Å². The van der Waals surface area contributed by atoms with Crippen molar-refractivity contribution in [1.82, 2.24) is 0 Å². The molecule has 1 aliphatic heterocycles. The van der Waals surface area contributed by atoms with Crippen molar-refractivity contribution in [2.75, 3.05) is 6.61 Å². The van der Waals surface area contributed by atoms with Crippen molar-refractivity contribution in [3.63, 3.8) is 0 Å². The summed E-state index contributed by atoms with van der Waals surface area (Å²) in [5.74, 6) is 0. The Morgan fingerprint density at radius 1 is 1.00 bits per heavy atom. The number of hydrogen-bond acceptors (Lipinski definition) is 3. The fourth-order valence-electron chi connectivity index (χ4n) is 3.08. The lowest BCUT2D eigenvalue weighted by Gasteiger charge is -2.32. The summed E-state index contributed by atoms with van der Waals surface area (Å²) in [6.45, 7) is 4.93. The van der Waals surface area contributed by atoms with Crippen molar-refractivity contribution >= 4 is 0 Å². The molecule has 0 saturated carbocycles. The second-order valence-electron chi connectivity index (χ2n) is 6.32. The molecule has 3 heteroatoms. The summed E-state index contributed by atoms with van der Waals surface area (Å²) in [6, 6.07) is 0. The molecule has 0 unspecified atom stereocenters. The van der Waals surface area contributed by atoms with Crippen LogP contribution in [0, 0.1) is 0 Å². The molecule has 1 fully saturated rings. The van der Waals surface area contributed by atoms with Crippen LogP contribution in [-0.2, 0) is 9.47 Å². The van der Waals surface area contributed by atoms with Crippen molar-refractivity contribution in [2.45, 2.75) is 109 Å². The monoisotopic (exact) mass is 300 g/mol. The van der Waals surface area contributed by atoms with E-state index in [1.54, 1.807) is 0 Å². The number of unbranched alkanes of at least 4 members (excludes halogenated alkanes) is 7. The lowest BCUT2D eigenvalue weighted by molar-refractivity contribution is -0.213. The predicted octanol–water partition coefficient (Wildman–Crippen LogP) is 4.81. The van der Waals surface area contributed by atoms with Crippen LogP contribution in [0.2, 0.25) is 0 Å². The van der Waals surface area contributed by atoms with Crippen LogP contribution < -0.4 is 0 Å². The molecular formula is C18H36O3. The number of aliphatic hydroxyl groups is 1. The van der Waals surface area contributed by atoms with Gasteiger partial charge in [0, 0.05) is 6.61 Å². The van der Waals surface area contributed by atoms with Crippen molar-refractivity contribution in [3.8, 4) is 0 Å². The maximum absolute atomic E-state index is 10.3. The van der Waals surface area contributed by atoms with E-state index in [9.17, 15) is 5.11 Å². The third kappa shape index (κ3) is 8.80. The maximum Gasteiger partial charge on any atom is 0.158 e. The molecule has 0 aromatic rings. The number of ether oxygens (including phenoxy) is 2. The standard InChI is InChI=1S/C18H36O3/c1-3-5-6-7-8-9-10-11-13-16(19)17-14-12-15-18(21-17)20-4-2/h16-19H,3-15H2,1-2H3/t16-,17-,18+/m1/s1. The number of hydrogen-bond donors (Lipinski definition) is 1. The molecule has 0 aliphatic carbocycles. The summed E-state index contributed by atoms with van der Waals surface area (Å²) >= 11 is 0. The van der Waals surface area contributed by atoms with Crippen molar-refractivity contribution in [2.24, 2.45) is 0 Å². The molecule has 0 aromatic heterocycles. The van der Waals surface area contributed by atoms with Crippen LogP contribution in [-0.4, -0.2) is 30.2 Å². The van der Waals surface area contributed by atoms with Gasteiger partial charge in [-0.1, -0.05) is 58.3 Å². The van der Waals surface area contributed by atoms with Gasteiger partial charge in [0.05, 0.1) is 12.2 Å². The minimum atomic E-state index is -0.312. The van der Waals surface area contributed by atoms with Gasteiger partial charge >= 0.3 is 0 Å². The molecule has 1 aliphatic rings. The van der Waals surface area contributed by atoms with E-state index >= 15 is 0 Å². The van der Waals surface area contributed by atoms with Gasteiger partial charge in [0.2, 0.25) is 0 Å². The van der Waals surface area contributed by atoms with E-state index in [2.05, 4.69) is 6.92 Å². The maximum atomic E-state index is 10.3. The molecule has 0 amide bonds. The lowest BCUT2D eigenvalue weighted by atomic mass is 9.98. The Bertz CT molecular complexity index is 231. The average molecular weight is 300 g/mol. The first-order valence-electron chi connectivity index (χ1n) is 9.23. The van der Waals surface area contributed by atoms with Gasteiger partial charge in [-0.25, -0.2) is 0 Å². The van der Waals surface area contributed by atoms with E-state index in [-0.39, 0.29) is 18.5 Å². The van der Waals surface area contributed by atoms with Crippen LogP contribution in [0.5, 0.6) is 0 Å². The summed E-state index contributed by atoms with van der Waals surface area (Å²) in [6.07, 6.45) is 14.0. The second-order valence-corrected chi connectivity index (χ2v) is 6.32. The summed E-state index contributed by atoms with van der Waals surface area (Å²) in [4.78, 5) is 0. The van der Waals surface area contributed by atoms with Gasteiger partial charge in [-0.05, 0) is 32.6 Å². The summed E-state index contributed by atoms with van der Waals surface area (Å²) in [7, 11) is 0. The van der Waals surface area contributed by atoms with Crippen molar-refractivity contribution in [1.29, 1.82) is 0 Å². The van der Waals surface area contributed by atoms with Crippen LogP contribution in [0.4, 0.5) is 0 Å². The van der Waals surface area contributed by atoms with Gasteiger partial charge in [0.15, 0.2) is 6.29 Å². The van der Waals surface area contributed by atoms with Crippen LogP contribution in [0.25, 0.3) is 0 Å². The Morgan fingerprint density at radius 2 is 1.67 bits per heavy atom. The fourth-order valence-corrected chi connectivity index (χ4v) is 3.08. The summed E-state index contributed by atoms with van der Waals surface area (Å²) in [5.41, 5.74) is 0. The van der Waals surface area contributed by atoms with Gasteiger partial charge in [0.1, 0.15) is 0 Å². The zero-order valence-corrected chi connectivity index (χ0v) is 14.2. The number of rotatable bonds is 12. The predicted molar refractivity (Wildman–Crippen MR) is 87.4 cm³/mol. The Kier molecular flexibility index (Phi) is 11.2. The highest BCUT2D eigenvalue weighted by molar-refractivity contribution is 4.74. The Morgan fingerprint density at radius 3 is 2.33 bits per heavy atom. The molecule has 0 radical (unpaired) electrons. The molecule has 21 heavy (non-hydrogen) atoms. The molecule has 1 saturated heterocycles. The van der Waals surface area contributed by atoms with Crippen LogP contribution in [0.15, 0.2) is 0 Å². The van der Waals surface area contributed by atoms with E-state index in [1.165, 1.54) is 44.9 Å². The first-order valence-corrected chi connectivity index (χ1v) is 9.23. The first kappa shape index (κ1) is 18.9. The third-order valence-corrected chi connectivity index (χ3v) is 4.39. The zero-order valence-electron chi connectivity index (χ0n) is 14.2. The largest absolute Gasteiger partial charge is 0.390 e. The van der Waals surface area contributed by atoms with Gasteiger partial charge in [0.25, 0.3) is 0 Å². The molecule has 1 heterocycles. The van der Waals surface area contributed by atoms with Crippen molar-refractivity contribution < 1.29 is 14.6 Å². The van der Waals surface area contributed by atoms with E-state index in [0.29, 0.717) is 6.61 Å². The summed E-state index contributed by atoms with van der Waals surface area (Å²) in [5, 5.41) is 10.3. The third-order valence-electron chi connectivity index (χ3n) is 4.39. The molecule has 1 rings (SSSR count). The Balaban J connectivity index is 2.01. The minimum Gasteiger partial charge on any atom is -0.390 e. The Labute approximate surface area is 131 Å². The minimum absolute atomic E-state index is 0.0140. The number of aliphatic hydroxyl groups excluding tert-OH is 1. The SMILES string of the molecule is CCCCCCCCCC[C@@H](O)[C@H]1CCC[C@@H](OCC)O1. The van der Waals surface area contributed by atoms with Crippen LogP contribution >= 0.6 is 0 Å². The quantitative estimate of drug-likeness (QED) is 0.526. The zero-order chi connectivity index (χ0) is 15.3. The molecule has 3 nitrogen and oxygen atoms in total. The molecule has 0 aromatic carbocycles. The average Bonchev–Trinajstić information content (AvgIpc) is 2.50. The molecule has 0 bridgehead atoms. The van der Waals surface area contributed by atoms with E-state index < -0.39 is 0 Å². The molecule has 126 valence electrons. The highest BCUT2D eigenvalue weighted by atomic mass is 16.7. The molecule has 0 spiro atoms. The second kappa shape index (κ2) is 12.4. The fraction of sp³-hybridized carbons (Fsp3) is 1.00. The topological polar surface area (TPSA) is 38.7 Å². The van der Waals surface area contributed by atoms with E-state index in [0.717, 1.165) is 32.1 Å². The van der Waals surface area contributed by atoms with Gasteiger partial charge in [-0.2, -0.15) is 0 Å². The van der Waals surface area contributed by atoms with Gasteiger partial charge in [-0.3, -0.25) is 0 Å². The highest BCUT2D eigenvalue weighted by Gasteiger charge is 2.27. The van der Waals surface area contributed by atoms with Crippen LogP contribution in [0.1, 0.15) is 90.9 Å². The Hall–Kier alpha value is -0.120. The normalized spacial score (nSPS) is 24.1. The van der Waals surface area contributed by atoms with E-state index in [1.807, 2.05) is 6.92 Å². The van der Waals surface area contributed by atoms with Crippen molar-refractivity contribution in [3.05, 3.63) is 0 Å². The lowest BCUT2D eigenvalue weighted by Crippen LogP contribution is -2.37. The highest BCUT2D eigenvalue weighted by Crippen LogP contribution is 2.24. The van der Waals surface area contributed by atoms with Gasteiger partial charge < -0.3 is 14.6 Å². The molecule has 1 N–H and O–H groups in total. The molecule has 3 atom stereocenters. The smallest absolute Gasteiger partial charge is 0.158 e. The van der Waals surface area contributed by atoms with Gasteiger partial charge in [-0.15, -0.1) is 0 Å². The summed E-state index contributed by atoms with van der Waals surface area (Å²) < 4.78 is 11.4. The first-order chi connectivity index (χ1) is 10.3. The van der Waals surface area contributed by atoms with Crippen LogP contribution in [0.3, 0.4) is 0 Å².